The van der Waals surface area contributed by atoms with Gasteiger partial charge < -0.3 is 20.5 Å². The fourth-order valence-corrected chi connectivity index (χ4v) is 3.34. The number of halogens is 1. The molecule has 2 amide bonds. The van der Waals surface area contributed by atoms with Gasteiger partial charge in [0, 0.05) is 12.8 Å². The Morgan fingerprint density at radius 3 is 1.97 bits per heavy atom. The van der Waals surface area contributed by atoms with Crippen LogP contribution < -0.4 is 10.6 Å². The molecular weight excluding hydrogens is 439 g/mol. The predicted molar refractivity (Wildman–Crippen MR) is 123 cm³/mol. The molecule has 0 spiro atoms. The number of hydrogen-bond donors (Lipinski definition) is 3. The van der Waals surface area contributed by atoms with Gasteiger partial charge >= 0.3 is 12.1 Å². The minimum absolute atomic E-state index is 0.0175. The van der Waals surface area contributed by atoms with Gasteiger partial charge in [-0.3, -0.25) is 4.79 Å². The zero-order chi connectivity index (χ0) is 24.3. The van der Waals surface area contributed by atoms with E-state index < -0.39 is 35.9 Å². The maximum Gasteiger partial charge on any atom is 0.408 e. The molecule has 0 saturated carbocycles. The van der Waals surface area contributed by atoms with Crippen LogP contribution in [0.5, 0.6) is 0 Å². The van der Waals surface area contributed by atoms with Crippen molar-refractivity contribution in [1.82, 2.24) is 10.6 Å². The molecule has 7 nitrogen and oxygen atoms in total. The standard InChI is InChI=1S/C26H25FN2O5/c27-21-13-7-12-20(14-21)16-23(25(31)32)28-24(30)22(15-18-8-3-1-4-9-18)29-26(33)34-17-19-10-5-2-6-11-19/h1-14,22-23H,15-17H2,(H,28,30)(H,29,33)(H,31,32)/t22-,23-/m1/s1. The molecule has 0 aliphatic carbocycles. The molecule has 2 atom stereocenters. The minimum atomic E-state index is -1.31. The Kier molecular flexibility index (Phi) is 8.73. The molecular formula is C26H25FN2O5. The first kappa shape index (κ1) is 24.4. The second-order valence-electron chi connectivity index (χ2n) is 7.68. The Balaban J connectivity index is 1.69. The fraction of sp³-hybridized carbons (Fsp3) is 0.192. The zero-order valence-electron chi connectivity index (χ0n) is 18.3. The Hall–Kier alpha value is -4.20. The normalized spacial score (nSPS) is 12.3. The van der Waals surface area contributed by atoms with Crippen molar-refractivity contribution in [2.75, 3.05) is 0 Å². The lowest BCUT2D eigenvalue weighted by atomic mass is 10.0. The molecule has 3 N–H and O–H groups in total. The number of rotatable bonds is 10. The van der Waals surface area contributed by atoms with Crippen LogP contribution in [-0.2, 0) is 33.8 Å². The average molecular weight is 464 g/mol. The summed E-state index contributed by atoms with van der Waals surface area (Å²) in [5.74, 6) is -2.47. The van der Waals surface area contributed by atoms with Crippen LogP contribution in [0.1, 0.15) is 16.7 Å². The molecule has 0 radical (unpaired) electrons. The number of carbonyl (C=O) groups is 3. The van der Waals surface area contributed by atoms with Crippen LogP contribution in [0, 0.1) is 5.82 Å². The molecule has 3 aromatic carbocycles. The van der Waals surface area contributed by atoms with Crippen molar-refractivity contribution in [3.63, 3.8) is 0 Å². The Morgan fingerprint density at radius 1 is 0.765 bits per heavy atom. The van der Waals surface area contributed by atoms with Crippen LogP contribution in [0.25, 0.3) is 0 Å². The molecule has 0 aliphatic heterocycles. The Labute approximate surface area is 196 Å². The quantitative estimate of drug-likeness (QED) is 0.426. The average Bonchev–Trinajstić information content (AvgIpc) is 2.83. The van der Waals surface area contributed by atoms with Crippen molar-refractivity contribution in [2.45, 2.75) is 31.5 Å². The van der Waals surface area contributed by atoms with Crippen LogP contribution in [-0.4, -0.2) is 35.2 Å². The molecule has 0 aromatic heterocycles. The molecule has 3 aromatic rings. The molecule has 0 unspecified atom stereocenters. The summed E-state index contributed by atoms with van der Waals surface area (Å²) >= 11 is 0. The Morgan fingerprint density at radius 2 is 1.35 bits per heavy atom. The SMILES string of the molecule is O=C(N[C@H](Cc1ccccc1)C(=O)N[C@H](Cc1cccc(F)c1)C(=O)O)OCc1ccccc1. The van der Waals surface area contributed by atoms with Crippen molar-refractivity contribution < 1.29 is 28.6 Å². The van der Waals surface area contributed by atoms with Gasteiger partial charge in [0.15, 0.2) is 0 Å². The van der Waals surface area contributed by atoms with Gasteiger partial charge in [0.1, 0.15) is 24.5 Å². The van der Waals surface area contributed by atoms with Crippen molar-refractivity contribution >= 4 is 18.0 Å². The molecule has 8 heteroatoms. The van der Waals surface area contributed by atoms with Gasteiger partial charge in [-0.2, -0.15) is 0 Å². The van der Waals surface area contributed by atoms with Crippen LogP contribution in [0.15, 0.2) is 84.9 Å². The molecule has 176 valence electrons. The number of carboxylic acids is 1. The molecule has 0 bridgehead atoms. The van der Waals surface area contributed by atoms with E-state index in [1.165, 1.54) is 18.2 Å². The summed E-state index contributed by atoms with van der Waals surface area (Å²) in [7, 11) is 0. The number of carbonyl (C=O) groups excluding carboxylic acids is 2. The maximum absolute atomic E-state index is 13.5. The lowest BCUT2D eigenvalue weighted by Gasteiger charge is -2.21. The molecule has 0 aliphatic rings. The maximum atomic E-state index is 13.5. The molecule has 0 heterocycles. The lowest BCUT2D eigenvalue weighted by Crippen LogP contribution is -2.53. The number of amides is 2. The molecule has 3 rings (SSSR count). The lowest BCUT2D eigenvalue weighted by molar-refractivity contribution is -0.142. The highest BCUT2D eigenvalue weighted by Crippen LogP contribution is 2.09. The third-order valence-electron chi connectivity index (χ3n) is 5.05. The number of aliphatic carboxylic acids is 1. The van der Waals surface area contributed by atoms with E-state index in [0.717, 1.165) is 11.1 Å². The molecule has 0 saturated heterocycles. The van der Waals surface area contributed by atoms with E-state index in [1.807, 2.05) is 24.3 Å². The van der Waals surface area contributed by atoms with Gasteiger partial charge in [0.2, 0.25) is 5.91 Å². The topological polar surface area (TPSA) is 105 Å². The number of nitrogens with one attached hydrogen (secondary N) is 2. The first-order valence-electron chi connectivity index (χ1n) is 10.7. The first-order valence-corrected chi connectivity index (χ1v) is 10.7. The van der Waals surface area contributed by atoms with E-state index in [0.29, 0.717) is 5.56 Å². The van der Waals surface area contributed by atoms with Crippen molar-refractivity contribution in [3.8, 4) is 0 Å². The highest BCUT2D eigenvalue weighted by molar-refractivity contribution is 5.89. The third kappa shape index (κ3) is 7.74. The van der Waals surface area contributed by atoms with Gasteiger partial charge in [-0.25, -0.2) is 14.0 Å². The van der Waals surface area contributed by atoms with Crippen molar-refractivity contribution in [1.29, 1.82) is 0 Å². The van der Waals surface area contributed by atoms with Crippen molar-refractivity contribution in [3.05, 3.63) is 107 Å². The van der Waals surface area contributed by atoms with E-state index in [4.69, 9.17) is 4.74 Å². The smallest absolute Gasteiger partial charge is 0.408 e. The number of hydrogen-bond acceptors (Lipinski definition) is 4. The fourth-order valence-electron chi connectivity index (χ4n) is 3.34. The van der Waals surface area contributed by atoms with Gasteiger partial charge in [-0.15, -0.1) is 0 Å². The minimum Gasteiger partial charge on any atom is -0.480 e. The van der Waals surface area contributed by atoms with Crippen LogP contribution in [0.4, 0.5) is 9.18 Å². The number of ether oxygens (including phenoxy) is 1. The number of alkyl carbamates (subject to hydrolysis) is 1. The van der Waals surface area contributed by atoms with E-state index >= 15 is 0 Å². The van der Waals surface area contributed by atoms with Crippen LogP contribution >= 0.6 is 0 Å². The van der Waals surface area contributed by atoms with Crippen LogP contribution in [0.2, 0.25) is 0 Å². The summed E-state index contributed by atoms with van der Waals surface area (Å²) in [6, 6.07) is 21.2. The van der Waals surface area contributed by atoms with E-state index in [2.05, 4.69) is 10.6 Å². The second-order valence-corrected chi connectivity index (χ2v) is 7.68. The summed E-state index contributed by atoms with van der Waals surface area (Å²) < 4.78 is 18.7. The number of carboxylic acid groups (broad SMARTS) is 1. The molecule has 0 fully saturated rings. The summed E-state index contributed by atoms with van der Waals surface area (Å²) in [5, 5.41) is 14.6. The highest BCUT2D eigenvalue weighted by atomic mass is 19.1. The van der Waals surface area contributed by atoms with Crippen LogP contribution in [0.3, 0.4) is 0 Å². The van der Waals surface area contributed by atoms with E-state index in [1.54, 1.807) is 42.5 Å². The van der Waals surface area contributed by atoms with Gasteiger partial charge in [-0.1, -0.05) is 72.8 Å². The van der Waals surface area contributed by atoms with E-state index in [9.17, 15) is 23.9 Å². The van der Waals surface area contributed by atoms with Gasteiger partial charge in [0.05, 0.1) is 0 Å². The Bertz CT molecular complexity index is 1110. The summed E-state index contributed by atoms with van der Waals surface area (Å²) in [6.07, 6.45) is -0.800. The van der Waals surface area contributed by atoms with Gasteiger partial charge in [-0.05, 0) is 28.8 Å². The summed E-state index contributed by atoms with van der Waals surface area (Å²) in [5.41, 5.74) is 1.97. The molecule has 34 heavy (non-hydrogen) atoms. The number of benzene rings is 3. The van der Waals surface area contributed by atoms with E-state index in [-0.39, 0.29) is 19.4 Å². The largest absolute Gasteiger partial charge is 0.480 e. The summed E-state index contributed by atoms with van der Waals surface area (Å²) in [4.78, 5) is 37.2. The predicted octanol–water partition coefficient (Wildman–Crippen LogP) is 3.48. The monoisotopic (exact) mass is 464 g/mol. The van der Waals surface area contributed by atoms with Crippen molar-refractivity contribution in [2.24, 2.45) is 0 Å². The van der Waals surface area contributed by atoms with Gasteiger partial charge in [0.25, 0.3) is 0 Å². The highest BCUT2D eigenvalue weighted by Gasteiger charge is 2.27. The zero-order valence-corrected chi connectivity index (χ0v) is 18.3. The summed E-state index contributed by atoms with van der Waals surface area (Å²) in [6.45, 7) is 0.0175. The third-order valence-corrected chi connectivity index (χ3v) is 5.05. The second kappa shape index (κ2) is 12.2. The first-order chi connectivity index (χ1) is 16.4.